The van der Waals surface area contributed by atoms with Crippen LogP contribution in [0.25, 0.3) is 34.6 Å². The van der Waals surface area contributed by atoms with Crippen LogP contribution in [-0.2, 0) is 0 Å². The topological polar surface area (TPSA) is 96.3 Å². The lowest BCUT2D eigenvalue weighted by atomic mass is 10.2. The van der Waals surface area contributed by atoms with Crippen molar-refractivity contribution in [3.63, 3.8) is 0 Å². The molecule has 0 aliphatic carbocycles. The summed E-state index contributed by atoms with van der Waals surface area (Å²) in [6.45, 7) is 0.178. The molecule has 0 saturated heterocycles. The number of nitrogens with zero attached hydrogens (tertiary/aromatic N) is 4. The molecule has 9 heteroatoms. The minimum atomic E-state index is -0.452. The molecule has 0 amide bonds. The monoisotopic (exact) mass is 352 g/mol. The van der Waals surface area contributed by atoms with Gasteiger partial charge in [0.2, 0.25) is 18.4 Å². The fraction of sp³-hybridized carbons (Fsp3) is 0.0588. The second kappa shape index (κ2) is 5.66. The molecule has 2 aromatic heterocycles. The lowest BCUT2D eigenvalue weighted by molar-refractivity contribution is 0.174. The molecule has 0 spiro atoms. The first-order valence-corrected chi connectivity index (χ1v) is 7.61. The van der Waals surface area contributed by atoms with Gasteiger partial charge in [0.25, 0.3) is 0 Å². The highest BCUT2D eigenvalue weighted by Crippen LogP contribution is 2.35. The number of fused-ring (bicyclic) bond motifs is 1. The van der Waals surface area contributed by atoms with E-state index in [4.69, 9.17) is 18.5 Å². The maximum absolute atomic E-state index is 13.8. The van der Waals surface area contributed by atoms with Crippen molar-refractivity contribution >= 4 is 0 Å². The maximum Gasteiger partial charge on any atom is 0.316 e. The zero-order chi connectivity index (χ0) is 17.5. The molecular weight excluding hydrogens is 343 g/mol. The summed E-state index contributed by atoms with van der Waals surface area (Å²) in [5, 5.41) is 7.67. The van der Waals surface area contributed by atoms with Gasteiger partial charge in [-0.1, -0.05) is 22.4 Å². The van der Waals surface area contributed by atoms with Crippen molar-refractivity contribution in [2.45, 2.75) is 0 Å². The molecule has 5 rings (SSSR count). The highest BCUT2D eigenvalue weighted by Gasteiger charge is 2.21. The van der Waals surface area contributed by atoms with Crippen LogP contribution >= 0.6 is 0 Å². The SMILES string of the molecule is Fc1ccccc1-c1noc(-c2nc(-c3ccc4c(c3)OCO4)no2)n1. The number of hydrogen-bond donors (Lipinski definition) is 0. The van der Waals surface area contributed by atoms with Crippen molar-refractivity contribution in [3.8, 4) is 46.1 Å². The molecule has 4 aromatic rings. The summed E-state index contributed by atoms with van der Waals surface area (Å²) in [5.41, 5.74) is 0.899. The van der Waals surface area contributed by atoms with Crippen LogP contribution in [0.15, 0.2) is 51.5 Å². The van der Waals surface area contributed by atoms with Crippen molar-refractivity contribution < 1.29 is 22.9 Å². The molecule has 8 nitrogen and oxygen atoms in total. The molecule has 2 aromatic carbocycles. The predicted molar refractivity (Wildman–Crippen MR) is 84.5 cm³/mol. The smallest absolute Gasteiger partial charge is 0.316 e. The van der Waals surface area contributed by atoms with E-state index < -0.39 is 5.82 Å². The molecule has 0 bridgehead atoms. The Balaban J connectivity index is 1.47. The number of benzene rings is 2. The Morgan fingerprint density at radius 3 is 2.38 bits per heavy atom. The molecule has 0 fully saturated rings. The summed E-state index contributed by atoms with van der Waals surface area (Å²) < 4.78 is 34.7. The molecule has 0 atom stereocenters. The fourth-order valence-electron chi connectivity index (χ4n) is 2.53. The molecule has 0 unspecified atom stereocenters. The van der Waals surface area contributed by atoms with E-state index in [9.17, 15) is 4.39 Å². The quantitative estimate of drug-likeness (QED) is 0.554. The number of rotatable bonds is 3. The van der Waals surface area contributed by atoms with Crippen LogP contribution in [0.2, 0.25) is 0 Å². The van der Waals surface area contributed by atoms with Gasteiger partial charge in [-0.15, -0.1) is 0 Å². The number of ether oxygens (including phenoxy) is 2. The van der Waals surface area contributed by atoms with E-state index in [0.717, 1.165) is 0 Å². The van der Waals surface area contributed by atoms with Crippen LogP contribution < -0.4 is 9.47 Å². The summed E-state index contributed by atoms with van der Waals surface area (Å²) >= 11 is 0. The first kappa shape index (κ1) is 14.6. The van der Waals surface area contributed by atoms with Gasteiger partial charge < -0.3 is 18.5 Å². The molecule has 3 heterocycles. The zero-order valence-corrected chi connectivity index (χ0v) is 13.0. The number of aromatic nitrogens is 4. The summed E-state index contributed by atoms with van der Waals surface area (Å²) in [6.07, 6.45) is 0. The molecule has 26 heavy (non-hydrogen) atoms. The first-order chi connectivity index (χ1) is 12.8. The Bertz CT molecular complexity index is 1110. The Labute approximate surface area is 145 Å². The average molecular weight is 352 g/mol. The molecule has 128 valence electrons. The van der Waals surface area contributed by atoms with Crippen LogP contribution in [0.1, 0.15) is 0 Å². The van der Waals surface area contributed by atoms with Crippen molar-refractivity contribution in [2.75, 3.05) is 6.79 Å². The molecule has 0 N–H and O–H groups in total. The third-order valence-corrected chi connectivity index (χ3v) is 3.78. The summed E-state index contributed by atoms with van der Waals surface area (Å²) in [7, 11) is 0. The minimum Gasteiger partial charge on any atom is -0.454 e. The van der Waals surface area contributed by atoms with Gasteiger partial charge in [-0.25, -0.2) is 4.39 Å². The lowest BCUT2D eigenvalue weighted by Gasteiger charge is -1.97. The van der Waals surface area contributed by atoms with Crippen molar-refractivity contribution in [3.05, 3.63) is 48.3 Å². The summed E-state index contributed by atoms with van der Waals surface area (Å²) in [4.78, 5) is 8.36. The van der Waals surface area contributed by atoms with Gasteiger partial charge in [0.1, 0.15) is 5.82 Å². The van der Waals surface area contributed by atoms with Gasteiger partial charge in [0.15, 0.2) is 11.5 Å². The van der Waals surface area contributed by atoms with Crippen LogP contribution in [0.3, 0.4) is 0 Å². The molecular formula is C17H9FN4O4. The third kappa shape index (κ3) is 2.37. The average Bonchev–Trinajstić information content (AvgIpc) is 3.40. The van der Waals surface area contributed by atoms with Crippen LogP contribution in [0.4, 0.5) is 4.39 Å². The van der Waals surface area contributed by atoms with Crippen molar-refractivity contribution in [1.82, 2.24) is 20.3 Å². The first-order valence-electron chi connectivity index (χ1n) is 7.61. The van der Waals surface area contributed by atoms with Gasteiger partial charge in [-0.05, 0) is 30.3 Å². The Morgan fingerprint density at radius 2 is 1.54 bits per heavy atom. The van der Waals surface area contributed by atoms with Crippen molar-refractivity contribution in [2.24, 2.45) is 0 Å². The van der Waals surface area contributed by atoms with E-state index in [-0.39, 0.29) is 30.0 Å². The number of halogens is 1. The normalized spacial score (nSPS) is 12.5. The third-order valence-electron chi connectivity index (χ3n) is 3.78. The maximum atomic E-state index is 13.8. The summed E-state index contributed by atoms with van der Waals surface area (Å²) in [6, 6.07) is 11.4. The van der Waals surface area contributed by atoms with E-state index in [1.165, 1.54) is 6.07 Å². The second-order valence-corrected chi connectivity index (χ2v) is 5.39. The van der Waals surface area contributed by atoms with E-state index in [1.807, 2.05) is 0 Å². The molecule has 1 aliphatic heterocycles. The Hall–Kier alpha value is -3.75. The Kier molecular flexibility index (Phi) is 3.17. The van der Waals surface area contributed by atoms with E-state index in [1.54, 1.807) is 36.4 Å². The van der Waals surface area contributed by atoms with Crippen molar-refractivity contribution in [1.29, 1.82) is 0 Å². The van der Waals surface area contributed by atoms with Gasteiger partial charge in [-0.2, -0.15) is 9.97 Å². The highest BCUT2D eigenvalue weighted by atomic mass is 19.1. The summed E-state index contributed by atoms with van der Waals surface area (Å²) in [5.74, 6) is 1.27. The van der Waals surface area contributed by atoms with E-state index >= 15 is 0 Å². The molecule has 1 aliphatic rings. The highest BCUT2D eigenvalue weighted by molar-refractivity contribution is 5.63. The van der Waals surface area contributed by atoms with Crippen LogP contribution in [0, 0.1) is 5.82 Å². The van der Waals surface area contributed by atoms with Gasteiger partial charge in [-0.3, -0.25) is 0 Å². The molecule has 0 saturated carbocycles. The second-order valence-electron chi connectivity index (χ2n) is 5.39. The zero-order valence-electron chi connectivity index (χ0n) is 13.0. The van der Waals surface area contributed by atoms with Crippen LogP contribution in [-0.4, -0.2) is 27.1 Å². The minimum absolute atomic E-state index is 0.00254. The largest absolute Gasteiger partial charge is 0.454 e. The van der Waals surface area contributed by atoms with E-state index in [2.05, 4.69) is 20.3 Å². The molecule has 0 radical (unpaired) electrons. The van der Waals surface area contributed by atoms with Gasteiger partial charge in [0.05, 0.1) is 5.56 Å². The standard InChI is InChI=1S/C17H9FN4O4/c18-11-4-2-1-3-10(11)15-20-17(26-22-15)16-19-14(21-25-16)9-5-6-12-13(7-9)24-8-23-12/h1-7H,8H2. The van der Waals surface area contributed by atoms with Crippen LogP contribution in [0.5, 0.6) is 11.5 Å². The predicted octanol–water partition coefficient (Wildman–Crippen LogP) is 3.32. The fourth-order valence-corrected chi connectivity index (χ4v) is 2.53. The lowest BCUT2D eigenvalue weighted by Crippen LogP contribution is -1.92. The van der Waals surface area contributed by atoms with Gasteiger partial charge in [0, 0.05) is 5.56 Å². The Morgan fingerprint density at radius 1 is 0.808 bits per heavy atom. The van der Waals surface area contributed by atoms with Gasteiger partial charge >= 0.3 is 11.8 Å². The number of hydrogen-bond acceptors (Lipinski definition) is 8. The van der Waals surface area contributed by atoms with E-state index in [0.29, 0.717) is 22.9 Å².